The van der Waals surface area contributed by atoms with E-state index >= 15 is 0 Å². The molecule has 0 saturated carbocycles. The number of nitrogens with two attached hydrogens (primary N) is 1. The summed E-state index contributed by atoms with van der Waals surface area (Å²) in [6, 6.07) is 0. The summed E-state index contributed by atoms with van der Waals surface area (Å²) in [5.74, 6) is -1.08. The highest BCUT2D eigenvalue weighted by molar-refractivity contribution is 6.01. The second-order valence-electron chi connectivity index (χ2n) is 3.08. The highest BCUT2D eigenvalue weighted by Crippen LogP contribution is 2.22. The van der Waals surface area contributed by atoms with E-state index < -0.39 is 5.97 Å². The molecule has 2 rings (SSSR count). The van der Waals surface area contributed by atoms with Crippen LogP contribution in [-0.2, 0) is 6.54 Å². The number of nitrogens with zero attached hydrogens (tertiary/aromatic N) is 3. The molecule has 6 nitrogen and oxygen atoms in total. The monoisotopic (exact) mass is 206 g/mol. The molecule has 0 radical (unpaired) electrons. The summed E-state index contributed by atoms with van der Waals surface area (Å²) in [7, 11) is 0. The fourth-order valence-corrected chi connectivity index (χ4v) is 1.49. The molecule has 0 spiro atoms. The van der Waals surface area contributed by atoms with Crippen molar-refractivity contribution in [1.29, 1.82) is 0 Å². The van der Waals surface area contributed by atoms with E-state index in [0.717, 1.165) is 0 Å². The van der Waals surface area contributed by atoms with Crippen LogP contribution in [0.3, 0.4) is 0 Å². The lowest BCUT2D eigenvalue weighted by Gasteiger charge is -2.04. The number of carboxylic acid groups (broad SMARTS) is 1. The topological polar surface area (TPSA) is 94.0 Å². The zero-order chi connectivity index (χ0) is 11.0. The van der Waals surface area contributed by atoms with Gasteiger partial charge in [0.05, 0.1) is 11.9 Å². The number of carbonyl (C=O) groups is 1. The predicted molar refractivity (Wildman–Crippen MR) is 54.6 cm³/mol. The van der Waals surface area contributed by atoms with Crippen LogP contribution >= 0.6 is 0 Å². The van der Waals surface area contributed by atoms with Crippen molar-refractivity contribution in [2.24, 2.45) is 0 Å². The number of aromatic carboxylic acids is 1. The van der Waals surface area contributed by atoms with Gasteiger partial charge in [-0.05, 0) is 6.92 Å². The first-order valence-electron chi connectivity index (χ1n) is 4.48. The Morgan fingerprint density at radius 2 is 2.33 bits per heavy atom. The van der Waals surface area contributed by atoms with Crippen LogP contribution in [0.15, 0.2) is 12.4 Å². The first kappa shape index (κ1) is 9.45. The Labute approximate surface area is 85.3 Å². The Hall–Kier alpha value is -2.11. The summed E-state index contributed by atoms with van der Waals surface area (Å²) in [4.78, 5) is 14.8. The van der Waals surface area contributed by atoms with Gasteiger partial charge in [0.25, 0.3) is 0 Å². The average molecular weight is 206 g/mol. The van der Waals surface area contributed by atoms with Crippen molar-refractivity contribution in [3.8, 4) is 0 Å². The van der Waals surface area contributed by atoms with E-state index in [4.69, 9.17) is 10.8 Å². The Morgan fingerprint density at radius 1 is 1.60 bits per heavy atom. The van der Waals surface area contributed by atoms with Crippen molar-refractivity contribution >= 4 is 22.7 Å². The minimum Gasteiger partial charge on any atom is -0.478 e. The quantitative estimate of drug-likeness (QED) is 0.755. The van der Waals surface area contributed by atoms with Gasteiger partial charge in [-0.25, -0.2) is 4.79 Å². The van der Waals surface area contributed by atoms with Gasteiger partial charge in [-0.15, -0.1) is 0 Å². The number of carboxylic acids is 1. The zero-order valence-corrected chi connectivity index (χ0v) is 8.14. The Kier molecular flexibility index (Phi) is 2.03. The standard InChI is InChI=1S/C9H10N4O2/c1-2-13-8-6(4-12-13)11-3-5(7(8)10)9(14)15/h3-4H,2H2,1H3,(H2,10,11)(H,14,15). The largest absolute Gasteiger partial charge is 0.478 e. The van der Waals surface area contributed by atoms with Gasteiger partial charge >= 0.3 is 5.97 Å². The van der Waals surface area contributed by atoms with Gasteiger partial charge < -0.3 is 10.8 Å². The molecule has 3 N–H and O–H groups in total. The molecule has 6 heteroatoms. The van der Waals surface area contributed by atoms with E-state index in [0.29, 0.717) is 17.6 Å². The smallest absolute Gasteiger partial charge is 0.339 e. The number of anilines is 1. The number of aromatic nitrogens is 3. The van der Waals surface area contributed by atoms with Crippen molar-refractivity contribution in [2.75, 3.05) is 5.73 Å². The van der Waals surface area contributed by atoms with Crippen LogP contribution in [0.1, 0.15) is 17.3 Å². The molecule has 0 aliphatic rings. The molecule has 0 aliphatic carbocycles. The molecule has 0 unspecified atom stereocenters. The number of nitrogen functional groups attached to an aromatic ring is 1. The number of hydrogen-bond acceptors (Lipinski definition) is 4. The van der Waals surface area contributed by atoms with Crippen LogP contribution < -0.4 is 5.73 Å². The van der Waals surface area contributed by atoms with Gasteiger partial charge in [0, 0.05) is 12.7 Å². The summed E-state index contributed by atoms with van der Waals surface area (Å²) < 4.78 is 1.63. The highest BCUT2D eigenvalue weighted by atomic mass is 16.4. The van der Waals surface area contributed by atoms with Crippen LogP contribution in [-0.4, -0.2) is 25.8 Å². The van der Waals surface area contributed by atoms with Gasteiger partial charge in [0.2, 0.25) is 0 Å². The van der Waals surface area contributed by atoms with Crippen LogP contribution in [0.4, 0.5) is 5.69 Å². The molecule has 0 amide bonds. The Balaban J connectivity index is 2.80. The van der Waals surface area contributed by atoms with Gasteiger partial charge in [0.1, 0.15) is 16.6 Å². The summed E-state index contributed by atoms with van der Waals surface area (Å²) in [6.07, 6.45) is 2.82. The van der Waals surface area contributed by atoms with E-state index in [1.807, 2.05) is 6.92 Å². The molecular weight excluding hydrogens is 196 g/mol. The van der Waals surface area contributed by atoms with Crippen LogP contribution in [0, 0.1) is 0 Å². The third kappa shape index (κ3) is 1.30. The second-order valence-corrected chi connectivity index (χ2v) is 3.08. The molecule has 0 aliphatic heterocycles. The third-order valence-corrected chi connectivity index (χ3v) is 2.23. The van der Waals surface area contributed by atoms with Crippen molar-refractivity contribution in [3.05, 3.63) is 18.0 Å². The van der Waals surface area contributed by atoms with E-state index in [9.17, 15) is 4.79 Å². The lowest BCUT2D eigenvalue weighted by molar-refractivity contribution is 0.0698. The number of hydrogen-bond donors (Lipinski definition) is 2. The summed E-state index contributed by atoms with van der Waals surface area (Å²) >= 11 is 0. The van der Waals surface area contributed by atoms with Crippen LogP contribution in [0.25, 0.3) is 11.0 Å². The van der Waals surface area contributed by atoms with Gasteiger partial charge in [-0.2, -0.15) is 5.10 Å². The first-order valence-corrected chi connectivity index (χ1v) is 4.48. The molecule has 0 atom stereocenters. The zero-order valence-electron chi connectivity index (χ0n) is 8.14. The molecule has 2 aromatic rings. The SMILES string of the molecule is CCn1ncc2ncc(C(=O)O)c(N)c21. The van der Waals surface area contributed by atoms with E-state index in [-0.39, 0.29) is 11.3 Å². The van der Waals surface area contributed by atoms with Crippen LogP contribution in [0.5, 0.6) is 0 Å². The summed E-state index contributed by atoms with van der Waals surface area (Å²) in [5.41, 5.74) is 7.18. The van der Waals surface area contributed by atoms with Gasteiger partial charge in [-0.1, -0.05) is 0 Å². The van der Waals surface area contributed by atoms with E-state index in [2.05, 4.69) is 10.1 Å². The average Bonchev–Trinajstić information content (AvgIpc) is 2.61. The fraction of sp³-hybridized carbons (Fsp3) is 0.222. The lowest BCUT2D eigenvalue weighted by Crippen LogP contribution is -2.06. The predicted octanol–water partition coefficient (Wildman–Crippen LogP) is 0.732. The molecule has 78 valence electrons. The number of fused-ring (bicyclic) bond motifs is 1. The maximum atomic E-state index is 10.8. The second kappa shape index (κ2) is 3.23. The summed E-state index contributed by atoms with van der Waals surface area (Å²) in [6.45, 7) is 2.53. The van der Waals surface area contributed by atoms with Gasteiger partial charge in [-0.3, -0.25) is 9.67 Å². The van der Waals surface area contributed by atoms with Crippen LogP contribution in [0.2, 0.25) is 0 Å². The molecule has 0 fully saturated rings. The van der Waals surface area contributed by atoms with Crippen molar-refractivity contribution in [2.45, 2.75) is 13.5 Å². The first-order chi connectivity index (χ1) is 7.15. The minimum absolute atomic E-state index is 0.0118. The third-order valence-electron chi connectivity index (χ3n) is 2.23. The van der Waals surface area contributed by atoms with Gasteiger partial charge in [0.15, 0.2) is 0 Å². The summed E-state index contributed by atoms with van der Waals surface area (Å²) in [5, 5.41) is 12.9. The molecule has 15 heavy (non-hydrogen) atoms. The lowest BCUT2D eigenvalue weighted by atomic mass is 10.2. The Morgan fingerprint density at radius 3 is 2.93 bits per heavy atom. The molecule has 0 aromatic carbocycles. The van der Waals surface area contributed by atoms with E-state index in [1.54, 1.807) is 10.9 Å². The molecule has 2 aromatic heterocycles. The number of aryl methyl sites for hydroxylation is 1. The molecular formula is C9H10N4O2. The normalized spacial score (nSPS) is 10.7. The maximum Gasteiger partial charge on any atom is 0.339 e. The minimum atomic E-state index is -1.08. The van der Waals surface area contributed by atoms with Crippen molar-refractivity contribution in [1.82, 2.24) is 14.8 Å². The van der Waals surface area contributed by atoms with Crippen molar-refractivity contribution < 1.29 is 9.90 Å². The maximum absolute atomic E-state index is 10.8. The van der Waals surface area contributed by atoms with Crippen molar-refractivity contribution in [3.63, 3.8) is 0 Å². The molecule has 0 saturated heterocycles. The molecule has 2 heterocycles. The number of rotatable bonds is 2. The fourth-order valence-electron chi connectivity index (χ4n) is 1.49. The molecule has 0 bridgehead atoms. The number of pyridine rings is 1. The highest BCUT2D eigenvalue weighted by Gasteiger charge is 2.14. The Bertz CT molecular complexity index is 532. The van der Waals surface area contributed by atoms with E-state index in [1.165, 1.54) is 6.20 Å².